The zero-order chi connectivity index (χ0) is 20.2. The number of anilines is 1. The highest BCUT2D eigenvalue weighted by Gasteiger charge is 2.31. The number of sulfonamides is 1. The number of ether oxygens (including phenoxy) is 1. The van der Waals surface area contributed by atoms with E-state index < -0.39 is 38.7 Å². The molecule has 0 heterocycles. The molecule has 5 nitrogen and oxygen atoms in total. The Morgan fingerprint density at radius 2 is 1.70 bits per heavy atom. The van der Waals surface area contributed by atoms with Crippen molar-refractivity contribution in [2.24, 2.45) is 0 Å². The van der Waals surface area contributed by atoms with Crippen molar-refractivity contribution in [3.8, 4) is 5.75 Å². The van der Waals surface area contributed by atoms with Gasteiger partial charge in [0.25, 0.3) is 0 Å². The minimum Gasteiger partial charge on any atom is -0.406 e. The Bertz CT molecular complexity index is 932. The highest BCUT2D eigenvalue weighted by atomic mass is 35.5. The van der Waals surface area contributed by atoms with Gasteiger partial charge in [-0.3, -0.25) is 8.93 Å². The number of rotatable bonds is 7. The summed E-state index contributed by atoms with van der Waals surface area (Å²) in [4.78, 5) is 0. The molecule has 2 aromatic carbocycles. The largest absolute Gasteiger partial charge is 0.573 e. The molecule has 2 aromatic rings. The third-order valence-corrected chi connectivity index (χ3v) is 5.49. The van der Waals surface area contributed by atoms with Crippen LogP contribution in [0.25, 0.3) is 0 Å². The standard InChI is InChI=1S/C16H15ClF3NO4S2/c1-26(22)9-12-4-7-14(17)15(8-12)21-27(23,24)10-11-2-5-13(6-3-11)25-16(18,19)20/h2-8,21H,9-10H2,1H3/t26-/m0/s1. The summed E-state index contributed by atoms with van der Waals surface area (Å²) in [6, 6.07) is 9.12. The first-order valence-corrected chi connectivity index (χ1v) is 11.1. The van der Waals surface area contributed by atoms with Crippen LogP contribution in [0.3, 0.4) is 0 Å². The Morgan fingerprint density at radius 3 is 2.26 bits per heavy atom. The highest BCUT2D eigenvalue weighted by molar-refractivity contribution is 7.91. The maximum Gasteiger partial charge on any atom is 0.573 e. The lowest BCUT2D eigenvalue weighted by molar-refractivity contribution is -0.274. The fourth-order valence-electron chi connectivity index (χ4n) is 2.19. The fraction of sp³-hybridized carbons (Fsp3) is 0.250. The van der Waals surface area contributed by atoms with Crippen LogP contribution in [0.15, 0.2) is 42.5 Å². The molecule has 0 radical (unpaired) electrons. The zero-order valence-electron chi connectivity index (χ0n) is 13.9. The first-order valence-electron chi connectivity index (χ1n) is 7.37. The van der Waals surface area contributed by atoms with Crippen molar-refractivity contribution in [3.05, 3.63) is 58.6 Å². The van der Waals surface area contributed by atoms with Crippen molar-refractivity contribution in [3.63, 3.8) is 0 Å². The van der Waals surface area contributed by atoms with Gasteiger partial charge in [-0.2, -0.15) is 0 Å². The van der Waals surface area contributed by atoms with Crippen molar-refractivity contribution in [2.75, 3.05) is 11.0 Å². The maximum atomic E-state index is 12.3. The van der Waals surface area contributed by atoms with Crippen molar-refractivity contribution in [2.45, 2.75) is 17.9 Å². The van der Waals surface area contributed by atoms with E-state index in [-0.39, 0.29) is 22.0 Å². The Labute approximate surface area is 162 Å². The van der Waals surface area contributed by atoms with Crippen molar-refractivity contribution >= 4 is 38.1 Å². The molecule has 0 amide bonds. The summed E-state index contributed by atoms with van der Waals surface area (Å²) >= 11 is 6.00. The number of benzene rings is 2. The van der Waals surface area contributed by atoms with E-state index in [2.05, 4.69) is 9.46 Å². The average molecular weight is 442 g/mol. The molecular weight excluding hydrogens is 427 g/mol. The second kappa shape index (κ2) is 8.49. The SMILES string of the molecule is C[S@](=O)Cc1ccc(Cl)c(NS(=O)(=O)Cc2ccc(OC(F)(F)F)cc2)c1. The smallest absolute Gasteiger partial charge is 0.406 e. The molecule has 0 aliphatic carbocycles. The Kier molecular flexibility index (Phi) is 6.77. The molecule has 0 aliphatic rings. The molecule has 11 heteroatoms. The summed E-state index contributed by atoms with van der Waals surface area (Å²) in [6.07, 6.45) is -3.30. The topological polar surface area (TPSA) is 72.5 Å². The van der Waals surface area contributed by atoms with Gasteiger partial charge in [0.2, 0.25) is 10.0 Å². The first-order chi connectivity index (χ1) is 12.4. The van der Waals surface area contributed by atoms with E-state index in [9.17, 15) is 25.8 Å². The van der Waals surface area contributed by atoms with Crippen LogP contribution in [0.5, 0.6) is 5.75 Å². The molecule has 0 aromatic heterocycles. The van der Waals surface area contributed by atoms with Gasteiger partial charge in [0.15, 0.2) is 0 Å². The van der Waals surface area contributed by atoms with Gasteiger partial charge in [-0.15, -0.1) is 13.2 Å². The highest BCUT2D eigenvalue weighted by Crippen LogP contribution is 2.26. The molecule has 27 heavy (non-hydrogen) atoms. The second-order valence-electron chi connectivity index (χ2n) is 5.58. The molecule has 1 atom stereocenters. The van der Waals surface area contributed by atoms with Crippen LogP contribution in [-0.2, 0) is 32.3 Å². The third kappa shape index (κ3) is 7.39. The van der Waals surface area contributed by atoms with E-state index >= 15 is 0 Å². The molecule has 1 N–H and O–H groups in total. The zero-order valence-corrected chi connectivity index (χ0v) is 16.3. The molecule has 148 valence electrons. The van der Waals surface area contributed by atoms with Crippen LogP contribution in [-0.4, -0.2) is 25.2 Å². The van der Waals surface area contributed by atoms with Crippen LogP contribution in [0.2, 0.25) is 5.02 Å². The van der Waals surface area contributed by atoms with Crippen molar-refractivity contribution in [1.82, 2.24) is 0 Å². The number of hydrogen-bond donors (Lipinski definition) is 1. The molecule has 0 aliphatic heterocycles. The number of halogens is 4. The average Bonchev–Trinajstić information content (AvgIpc) is 2.50. The lowest BCUT2D eigenvalue weighted by Crippen LogP contribution is -2.17. The predicted octanol–water partition coefficient (Wildman–Crippen LogP) is 4.06. The van der Waals surface area contributed by atoms with Crippen molar-refractivity contribution < 1.29 is 30.5 Å². The van der Waals surface area contributed by atoms with E-state index in [1.54, 1.807) is 6.07 Å². The second-order valence-corrected chi connectivity index (χ2v) is 9.15. The number of hydrogen-bond acceptors (Lipinski definition) is 4. The summed E-state index contributed by atoms with van der Waals surface area (Å²) in [7, 11) is -4.98. The summed E-state index contributed by atoms with van der Waals surface area (Å²) in [5.41, 5.74) is 1.04. The summed E-state index contributed by atoms with van der Waals surface area (Å²) in [6.45, 7) is 0. The van der Waals surface area contributed by atoms with E-state index in [0.29, 0.717) is 5.56 Å². The third-order valence-electron chi connectivity index (χ3n) is 3.18. The fourth-order valence-corrected chi connectivity index (χ4v) is 4.26. The van der Waals surface area contributed by atoms with Gasteiger partial charge in [-0.25, -0.2) is 8.42 Å². The Morgan fingerprint density at radius 1 is 1.11 bits per heavy atom. The van der Waals surface area contributed by atoms with E-state index in [1.807, 2.05) is 0 Å². The molecule has 0 unspecified atom stereocenters. The lowest BCUT2D eigenvalue weighted by atomic mass is 10.2. The molecule has 0 bridgehead atoms. The normalized spacial score (nSPS) is 13.2. The van der Waals surface area contributed by atoms with E-state index in [1.165, 1.54) is 30.5 Å². The predicted molar refractivity (Wildman–Crippen MR) is 98.6 cm³/mol. The Hall–Kier alpha value is -1.78. The van der Waals surface area contributed by atoms with Crippen LogP contribution in [0, 0.1) is 0 Å². The van der Waals surface area contributed by atoms with Crippen molar-refractivity contribution in [1.29, 1.82) is 0 Å². The van der Waals surface area contributed by atoms with Gasteiger partial charge >= 0.3 is 6.36 Å². The van der Waals surface area contributed by atoms with Gasteiger partial charge < -0.3 is 4.74 Å². The van der Waals surface area contributed by atoms with Gasteiger partial charge in [0.05, 0.1) is 16.5 Å². The van der Waals surface area contributed by atoms with Gasteiger partial charge in [0.1, 0.15) is 5.75 Å². The van der Waals surface area contributed by atoms with Crippen LogP contribution >= 0.6 is 11.6 Å². The summed E-state index contributed by atoms with van der Waals surface area (Å²) in [5, 5.41) is 0.165. The monoisotopic (exact) mass is 441 g/mol. The van der Waals surface area contributed by atoms with Gasteiger partial charge in [0, 0.05) is 22.8 Å². The molecule has 0 saturated carbocycles. The van der Waals surface area contributed by atoms with E-state index in [0.717, 1.165) is 12.1 Å². The molecule has 0 spiro atoms. The minimum absolute atomic E-state index is 0.136. The summed E-state index contributed by atoms with van der Waals surface area (Å²) in [5.74, 6) is -0.675. The van der Waals surface area contributed by atoms with Crippen LogP contribution < -0.4 is 9.46 Å². The summed E-state index contributed by atoms with van der Waals surface area (Å²) < 4.78 is 78.5. The minimum atomic E-state index is -4.82. The molecule has 2 rings (SSSR count). The van der Waals surface area contributed by atoms with Crippen LogP contribution in [0.1, 0.15) is 11.1 Å². The quantitative estimate of drug-likeness (QED) is 0.703. The number of nitrogens with one attached hydrogen (secondary N) is 1. The van der Waals surface area contributed by atoms with Crippen LogP contribution in [0.4, 0.5) is 18.9 Å². The maximum absolute atomic E-state index is 12.3. The Balaban J connectivity index is 2.12. The van der Waals surface area contributed by atoms with Gasteiger partial charge in [-0.1, -0.05) is 29.8 Å². The lowest BCUT2D eigenvalue weighted by Gasteiger charge is -2.12. The van der Waals surface area contributed by atoms with E-state index in [4.69, 9.17) is 11.6 Å². The molecule has 0 fully saturated rings. The van der Waals surface area contributed by atoms with Gasteiger partial charge in [-0.05, 0) is 35.4 Å². The molecule has 0 saturated heterocycles. The first kappa shape index (κ1) is 21.5. The number of alkyl halides is 3. The molecular formula is C16H15ClF3NO4S2.